The molecule has 0 aliphatic rings. The maximum Gasteiger partial charge on any atom is 0.263 e. The number of hydrogen-bond donors (Lipinski definition) is 3. The Morgan fingerprint density at radius 3 is 2.68 bits per heavy atom. The molecule has 9 nitrogen and oxygen atoms in total. The first-order chi connectivity index (χ1) is 12.1. The topological polar surface area (TPSA) is 122 Å². The fraction of sp³-hybridized carbons (Fsp3) is 0.125. The fourth-order valence-corrected chi connectivity index (χ4v) is 2.20. The molecule has 2 heterocycles. The van der Waals surface area contributed by atoms with Crippen LogP contribution in [-0.2, 0) is 0 Å². The first-order valence-corrected chi connectivity index (χ1v) is 7.26. The molecule has 0 spiro atoms. The molecular formula is C16H15N5O4. The molecule has 128 valence electrons. The summed E-state index contributed by atoms with van der Waals surface area (Å²) in [6, 6.07) is 8.21. The average molecular weight is 341 g/mol. The van der Waals surface area contributed by atoms with E-state index in [0.29, 0.717) is 22.9 Å². The molecule has 1 aromatic carbocycles. The highest BCUT2D eigenvalue weighted by Gasteiger charge is 2.14. The van der Waals surface area contributed by atoms with E-state index in [1.165, 1.54) is 19.4 Å². The van der Waals surface area contributed by atoms with Crippen LogP contribution in [0.1, 0.15) is 10.4 Å². The van der Waals surface area contributed by atoms with E-state index in [0.717, 1.165) is 0 Å². The van der Waals surface area contributed by atoms with Crippen molar-refractivity contribution in [2.45, 2.75) is 0 Å². The quantitative estimate of drug-likeness (QED) is 0.645. The van der Waals surface area contributed by atoms with Crippen LogP contribution in [-0.4, -0.2) is 40.3 Å². The monoisotopic (exact) mass is 341 g/mol. The van der Waals surface area contributed by atoms with Gasteiger partial charge in [-0.05, 0) is 30.3 Å². The molecule has 0 bridgehead atoms. The Kier molecular flexibility index (Phi) is 4.46. The van der Waals surface area contributed by atoms with Crippen molar-refractivity contribution in [3.63, 3.8) is 0 Å². The van der Waals surface area contributed by atoms with Gasteiger partial charge in [-0.15, -0.1) is 5.10 Å². The molecule has 0 aliphatic heterocycles. The Hall–Kier alpha value is -3.62. The lowest BCUT2D eigenvalue weighted by atomic mass is 10.2. The van der Waals surface area contributed by atoms with E-state index in [9.17, 15) is 9.59 Å². The van der Waals surface area contributed by atoms with Crippen molar-refractivity contribution in [1.82, 2.24) is 20.2 Å². The molecule has 0 radical (unpaired) electrons. The SMILES string of the molecule is COc1ccc(-c2nc(NC(=O)c3ccc[nH]c3=O)n[nH]2)cc1OC. The van der Waals surface area contributed by atoms with Crippen molar-refractivity contribution in [2.24, 2.45) is 0 Å². The normalized spacial score (nSPS) is 10.3. The molecule has 0 atom stereocenters. The number of carbonyl (C=O) groups excluding carboxylic acids is 1. The van der Waals surface area contributed by atoms with Crippen molar-refractivity contribution in [1.29, 1.82) is 0 Å². The molecule has 1 amide bonds. The molecule has 0 fully saturated rings. The van der Waals surface area contributed by atoms with Crippen LogP contribution in [0.4, 0.5) is 5.95 Å². The van der Waals surface area contributed by atoms with Crippen molar-refractivity contribution < 1.29 is 14.3 Å². The van der Waals surface area contributed by atoms with Gasteiger partial charge in [-0.1, -0.05) is 0 Å². The van der Waals surface area contributed by atoms with E-state index in [4.69, 9.17) is 9.47 Å². The summed E-state index contributed by atoms with van der Waals surface area (Å²) >= 11 is 0. The van der Waals surface area contributed by atoms with Gasteiger partial charge in [-0.25, -0.2) is 0 Å². The van der Waals surface area contributed by atoms with Crippen molar-refractivity contribution in [3.05, 3.63) is 52.4 Å². The van der Waals surface area contributed by atoms with Gasteiger partial charge >= 0.3 is 0 Å². The predicted molar refractivity (Wildman–Crippen MR) is 89.9 cm³/mol. The molecule has 25 heavy (non-hydrogen) atoms. The van der Waals surface area contributed by atoms with Gasteiger partial charge in [0.05, 0.1) is 14.2 Å². The maximum atomic E-state index is 12.1. The number of aromatic nitrogens is 4. The van der Waals surface area contributed by atoms with E-state index >= 15 is 0 Å². The Morgan fingerprint density at radius 1 is 1.16 bits per heavy atom. The highest BCUT2D eigenvalue weighted by Crippen LogP contribution is 2.31. The standard InChI is InChI=1S/C16H15N5O4/c1-24-11-6-5-9(8-12(11)25-2)13-18-16(21-20-13)19-15(23)10-4-3-7-17-14(10)22/h3-8H,1-2H3,(H,17,22)(H2,18,19,20,21,23). The third-order valence-corrected chi connectivity index (χ3v) is 3.43. The summed E-state index contributed by atoms with van der Waals surface area (Å²) < 4.78 is 10.4. The number of rotatable bonds is 5. The van der Waals surface area contributed by atoms with Crippen LogP contribution in [0.15, 0.2) is 41.3 Å². The number of methoxy groups -OCH3 is 2. The summed E-state index contributed by atoms with van der Waals surface area (Å²) in [7, 11) is 3.08. The first kappa shape index (κ1) is 16.2. The van der Waals surface area contributed by atoms with E-state index < -0.39 is 11.5 Å². The van der Waals surface area contributed by atoms with Gasteiger partial charge in [0.15, 0.2) is 17.3 Å². The molecule has 3 N–H and O–H groups in total. The van der Waals surface area contributed by atoms with Crippen molar-refractivity contribution in [3.8, 4) is 22.9 Å². The number of H-pyrrole nitrogens is 2. The number of aromatic amines is 2. The molecule has 3 aromatic rings. The average Bonchev–Trinajstić information content (AvgIpc) is 3.09. The third kappa shape index (κ3) is 3.34. The minimum atomic E-state index is -0.597. The minimum Gasteiger partial charge on any atom is -0.493 e. The predicted octanol–water partition coefficient (Wildman–Crippen LogP) is 1.43. The van der Waals surface area contributed by atoms with E-state index in [1.54, 1.807) is 31.4 Å². The largest absolute Gasteiger partial charge is 0.493 e. The van der Waals surface area contributed by atoms with Crippen molar-refractivity contribution >= 4 is 11.9 Å². The fourth-order valence-electron chi connectivity index (χ4n) is 2.20. The Labute approximate surface area is 142 Å². The van der Waals surface area contributed by atoms with E-state index in [-0.39, 0.29) is 11.5 Å². The second kappa shape index (κ2) is 6.87. The van der Waals surface area contributed by atoms with Crippen LogP contribution in [0.25, 0.3) is 11.4 Å². The van der Waals surface area contributed by atoms with Crippen LogP contribution in [0.2, 0.25) is 0 Å². The molecule has 0 saturated heterocycles. The van der Waals surface area contributed by atoms with Gasteiger partial charge < -0.3 is 14.5 Å². The molecule has 2 aromatic heterocycles. The van der Waals surface area contributed by atoms with Gasteiger partial charge in [0.25, 0.3) is 11.5 Å². The molecule has 0 unspecified atom stereocenters. The number of nitrogens with zero attached hydrogens (tertiary/aromatic N) is 2. The molecule has 0 aliphatic carbocycles. The number of carbonyl (C=O) groups is 1. The van der Waals surface area contributed by atoms with Crippen LogP contribution >= 0.6 is 0 Å². The zero-order chi connectivity index (χ0) is 17.8. The Morgan fingerprint density at radius 2 is 1.96 bits per heavy atom. The Balaban J connectivity index is 1.82. The van der Waals surface area contributed by atoms with Crippen LogP contribution in [0.3, 0.4) is 0 Å². The van der Waals surface area contributed by atoms with Gasteiger partial charge in [-0.3, -0.25) is 20.0 Å². The number of pyridine rings is 1. The number of nitrogens with one attached hydrogen (secondary N) is 3. The Bertz CT molecular complexity index is 963. The van der Waals surface area contributed by atoms with Gasteiger partial charge in [0, 0.05) is 11.8 Å². The number of ether oxygens (including phenoxy) is 2. The molecular weight excluding hydrogens is 326 g/mol. The lowest BCUT2D eigenvalue weighted by Crippen LogP contribution is -2.22. The first-order valence-electron chi connectivity index (χ1n) is 7.26. The summed E-state index contributed by atoms with van der Waals surface area (Å²) in [4.78, 5) is 30.4. The second-order valence-corrected chi connectivity index (χ2v) is 4.94. The molecule has 3 rings (SSSR count). The summed E-state index contributed by atoms with van der Waals surface area (Å²) in [6.07, 6.45) is 1.45. The number of hydrogen-bond acceptors (Lipinski definition) is 6. The lowest BCUT2D eigenvalue weighted by molar-refractivity contribution is 0.102. The van der Waals surface area contributed by atoms with E-state index in [1.807, 2.05) is 0 Å². The molecule has 9 heteroatoms. The number of anilines is 1. The smallest absolute Gasteiger partial charge is 0.263 e. The van der Waals surface area contributed by atoms with Gasteiger partial charge in [0.2, 0.25) is 5.95 Å². The lowest BCUT2D eigenvalue weighted by Gasteiger charge is -2.07. The molecule has 0 saturated carbocycles. The summed E-state index contributed by atoms with van der Waals surface area (Å²) in [5, 5.41) is 9.13. The zero-order valence-corrected chi connectivity index (χ0v) is 13.5. The zero-order valence-electron chi connectivity index (χ0n) is 13.5. The number of benzene rings is 1. The maximum absolute atomic E-state index is 12.1. The van der Waals surface area contributed by atoms with Gasteiger partial charge in [0.1, 0.15) is 5.56 Å². The minimum absolute atomic E-state index is 0.0278. The van der Waals surface area contributed by atoms with E-state index in [2.05, 4.69) is 25.5 Å². The van der Waals surface area contributed by atoms with Crippen LogP contribution < -0.4 is 20.3 Å². The highest BCUT2D eigenvalue weighted by atomic mass is 16.5. The second-order valence-electron chi connectivity index (χ2n) is 4.94. The number of amides is 1. The summed E-state index contributed by atoms with van der Waals surface area (Å²) in [5.74, 6) is 1.01. The van der Waals surface area contributed by atoms with Crippen LogP contribution in [0, 0.1) is 0 Å². The van der Waals surface area contributed by atoms with Gasteiger partial charge in [-0.2, -0.15) is 4.98 Å². The third-order valence-electron chi connectivity index (χ3n) is 3.43. The van der Waals surface area contributed by atoms with Crippen molar-refractivity contribution in [2.75, 3.05) is 19.5 Å². The van der Waals surface area contributed by atoms with Crippen LogP contribution in [0.5, 0.6) is 11.5 Å². The summed E-state index contributed by atoms with van der Waals surface area (Å²) in [6.45, 7) is 0. The highest BCUT2D eigenvalue weighted by molar-refractivity contribution is 6.03. The summed E-state index contributed by atoms with van der Waals surface area (Å²) in [5.41, 5.74) is 0.179.